The van der Waals surface area contributed by atoms with E-state index in [1.807, 2.05) is 36.4 Å². The zero-order chi connectivity index (χ0) is 19.9. The van der Waals surface area contributed by atoms with Gasteiger partial charge in [0.25, 0.3) is 5.91 Å². The Labute approximate surface area is 163 Å². The monoisotopic (exact) mass is 378 g/mol. The van der Waals surface area contributed by atoms with Crippen LogP contribution >= 0.6 is 0 Å². The summed E-state index contributed by atoms with van der Waals surface area (Å²) >= 11 is 0. The van der Waals surface area contributed by atoms with Crippen molar-refractivity contribution in [3.63, 3.8) is 0 Å². The third-order valence-corrected chi connectivity index (χ3v) is 4.06. The smallest absolute Gasteiger partial charge is 0.274 e. The first-order chi connectivity index (χ1) is 13.6. The van der Waals surface area contributed by atoms with Crippen LogP contribution in [0.1, 0.15) is 21.9 Å². The van der Waals surface area contributed by atoms with Gasteiger partial charge in [-0.25, -0.2) is 9.97 Å². The molecule has 0 spiro atoms. The van der Waals surface area contributed by atoms with Crippen LogP contribution in [0.25, 0.3) is 0 Å². The maximum absolute atomic E-state index is 12.6. The van der Waals surface area contributed by atoms with Gasteiger partial charge in [0.2, 0.25) is 0 Å². The van der Waals surface area contributed by atoms with Crippen LogP contribution in [0.15, 0.2) is 54.6 Å². The number of nitrogens with one attached hydrogen (secondary N) is 2. The number of rotatable bonds is 7. The molecule has 2 N–H and O–H groups in total. The fourth-order valence-corrected chi connectivity index (χ4v) is 2.64. The maximum atomic E-state index is 12.6. The highest BCUT2D eigenvalue weighted by atomic mass is 16.5. The fourth-order valence-electron chi connectivity index (χ4n) is 2.64. The molecule has 144 valence electrons. The highest BCUT2D eigenvalue weighted by molar-refractivity contribution is 6.04. The minimum absolute atomic E-state index is 0.274. The number of benzene rings is 2. The number of amides is 1. The molecule has 7 nitrogen and oxygen atoms in total. The standard InChI is InChI=1S/C21H22N4O3/c1-14-23-18(21(26)25-17-6-4-5-7-19(17)28-3)12-20(24-14)22-13-15-8-10-16(27-2)11-9-15/h4-12H,13H2,1-3H3,(H,25,26)(H,22,23,24). The Kier molecular flexibility index (Phi) is 6.06. The minimum atomic E-state index is -0.331. The second kappa shape index (κ2) is 8.85. The first-order valence-corrected chi connectivity index (χ1v) is 8.76. The molecule has 7 heteroatoms. The van der Waals surface area contributed by atoms with Crippen LogP contribution in [0.5, 0.6) is 11.5 Å². The zero-order valence-corrected chi connectivity index (χ0v) is 16.0. The lowest BCUT2D eigenvalue weighted by Gasteiger charge is -2.11. The molecule has 0 saturated heterocycles. The van der Waals surface area contributed by atoms with Crippen molar-refractivity contribution in [1.29, 1.82) is 0 Å². The number of para-hydroxylation sites is 2. The van der Waals surface area contributed by atoms with E-state index in [4.69, 9.17) is 9.47 Å². The molecule has 3 rings (SSSR count). The lowest BCUT2D eigenvalue weighted by Crippen LogP contribution is -2.16. The van der Waals surface area contributed by atoms with E-state index in [9.17, 15) is 4.79 Å². The van der Waals surface area contributed by atoms with Gasteiger partial charge in [-0.2, -0.15) is 0 Å². The Morgan fingerprint density at radius 3 is 2.46 bits per heavy atom. The van der Waals surface area contributed by atoms with Gasteiger partial charge >= 0.3 is 0 Å². The molecular formula is C21H22N4O3. The first-order valence-electron chi connectivity index (χ1n) is 8.76. The molecule has 28 heavy (non-hydrogen) atoms. The summed E-state index contributed by atoms with van der Waals surface area (Å²) in [4.78, 5) is 21.2. The SMILES string of the molecule is COc1ccc(CNc2cc(C(=O)Nc3ccccc3OC)nc(C)n2)cc1. The summed E-state index contributed by atoms with van der Waals surface area (Å²) in [5.74, 6) is 2.14. The van der Waals surface area contributed by atoms with Gasteiger partial charge in [-0.15, -0.1) is 0 Å². The van der Waals surface area contributed by atoms with Crippen molar-refractivity contribution in [2.24, 2.45) is 0 Å². The van der Waals surface area contributed by atoms with Crippen LogP contribution in [-0.4, -0.2) is 30.1 Å². The molecule has 1 heterocycles. The van der Waals surface area contributed by atoms with E-state index >= 15 is 0 Å². The Morgan fingerprint density at radius 2 is 1.75 bits per heavy atom. The van der Waals surface area contributed by atoms with Gasteiger partial charge in [0.1, 0.15) is 28.8 Å². The number of hydrogen-bond donors (Lipinski definition) is 2. The van der Waals surface area contributed by atoms with Crippen LogP contribution in [0.3, 0.4) is 0 Å². The molecule has 0 atom stereocenters. The predicted molar refractivity (Wildman–Crippen MR) is 108 cm³/mol. The van der Waals surface area contributed by atoms with Crippen LogP contribution in [0.4, 0.5) is 11.5 Å². The number of anilines is 2. The highest BCUT2D eigenvalue weighted by Gasteiger charge is 2.13. The summed E-state index contributed by atoms with van der Waals surface area (Å²) in [5.41, 5.74) is 1.92. The molecule has 0 saturated carbocycles. The topological polar surface area (TPSA) is 85.4 Å². The quantitative estimate of drug-likeness (QED) is 0.653. The molecule has 2 aromatic carbocycles. The molecule has 0 fully saturated rings. The summed E-state index contributed by atoms with van der Waals surface area (Å²) in [6.45, 7) is 2.31. The van der Waals surface area contributed by atoms with E-state index < -0.39 is 0 Å². The molecule has 0 aliphatic carbocycles. The average Bonchev–Trinajstić information content (AvgIpc) is 2.72. The minimum Gasteiger partial charge on any atom is -0.497 e. The number of hydrogen-bond acceptors (Lipinski definition) is 6. The fraction of sp³-hybridized carbons (Fsp3) is 0.190. The van der Waals surface area contributed by atoms with E-state index in [1.165, 1.54) is 0 Å². The molecular weight excluding hydrogens is 356 g/mol. The zero-order valence-electron chi connectivity index (χ0n) is 16.0. The Hall–Kier alpha value is -3.61. The lowest BCUT2D eigenvalue weighted by atomic mass is 10.2. The summed E-state index contributed by atoms with van der Waals surface area (Å²) in [6, 6.07) is 16.6. The van der Waals surface area contributed by atoms with Crippen molar-refractivity contribution in [3.05, 3.63) is 71.7 Å². The molecule has 0 unspecified atom stereocenters. The van der Waals surface area contributed by atoms with Gasteiger partial charge in [0.15, 0.2) is 0 Å². The second-order valence-electron chi connectivity index (χ2n) is 6.04. The van der Waals surface area contributed by atoms with Crippen LogP contribution in [0.2, 0.25) is 0 Å². The van der Waals surface area contributed by atoms with Gasteiger partial charge < -0.3 is 20.1 Å². The summed E-state index contributed by atoms with van der Waals surface area (Å²) in [6.07, 6.45) is 0. The number of nitrogens with zero attached hydrogens (tertiary/aromatic N) is 2. The van der Waals surface area contributed by atoms with E-state index in [2.05, 4.69) is 20.6 Å². The first kappa shape index (κ1) is 19.2. The average molecular weight is 378 g/mol. The van der Waals surface area contributed by atoms with Crippen molar-refractivity contribution in [1.82, 2.24) is 9.97 Å². The second-order valence-corrected chi connectivity index (χ2v) is 6.04. The molecule has 3 aromatic rings. The largest absolute Gasteiger partial charge is 0.497 e. The summed E-state index contributed by atoms with van der Waals surface area (Å²) in [5, 5.41) is 6.05. The maximum Gasteiger partial charge on any atom is 0.274 e. The summed E-state index contributed by atoms with van der Waals surface area (Å²) < 4.78 is 10.4. The van der Waals surface area contributed by atoms with Crippen LogP contribution in [-0.2, 0) is 6.54 Å². The third-order valence-electron chi connectivity index (χ3n) is 4.06. The van der Waals surface area contributed by atoms with Gasteiger partial charge in [0.05, 0.1) is 19.9 Å². The molecule has 0 aliphatic heterocycles. The molecule has 0 aliphatic rings. The van der Waals surface area contributed by atoms with Gasteiger partial charge in [0, 0.05) is 12.6 Å². The van der Waals surface area contributed by atoms with Crippen molar-refractivity contribution >= 4 is 17.4 Å². The molecule has 1 amide bonds. The number of methoxy groups -OCH3 is 2. The van der Waals surface area contributed by atoms with E-state index in [0.717, 1.165) is 11.3 Å². The molecule has 0 bridgehead atoms. The van der Waals surface area contributed by atoms with Crippen molar-refractivity contribution in [3.8, 4) is 11.5 Å². The number of aromatic nitrogens is 2. The van der Waals surface area contributed by atoms with Crippen molar-refractivity contribution in [2.45, 2.75) is 13.5 Å². The number of carbonyl (C=O) groups is 1. The Bertz CT molecular complexity index is 958. The predicted octanol–water partition coefficient (Wildman–Crippen LogP) is 3.67. The van der Waals surface area contributed by atoms with Gasteiger partial charge in [-0.05, 0) is 36.8 Å². The number of aryl methyl sites for hydroxylation is 1. The van der Waals surface area contributed by atoms with E-state index in [1.54, 1.807) is 39.3 Å². The number of ether oxygens (including phenoxy) is 2. The normalized spacial score (nSPS) is 10.2. The Morgan fingerprint density at radius 1 is 1.00 bits per heavy atom. The van der Waals surface area contributed by atoms with Crippen molar-refractivity contribution in [2.75, 3.05) is 24.9 Å². The van der Waals surface area contributed by atoms with Crippen molar-refractivity contribution < 1.29 is 14.3 Å². The molecule has 1 aromatic heterocycles. The van der Waals surface area contributed by atoms with Gasteiger partial charge in [-0.3, -0.25) is 4.79 Å². The van der Waals surface area contributed by atoms with Crippen LogP contribution < -0.4 is 20.1 Å². The molecule has 0 radical (unpaired) electrons. The summed E-state index contributed by atoms with van der Waals surface area (Å²) in [7, 11) is 3.19. The Balaban J connectivity index is 1.72. The lowest BCUT2D eigenvalue weighted by molar-refractivity contribution is 0.102. The van der Waals surface area contributed by atoms with E-state index in [0.29, 0.717) is 29.6 Å². The van der Waals surface area contributed by atoms with Gasteiger partial charge in [-0.1, -0.05) is 24.3 Å². The van der Waals surface area contributed by atoms with E-state index in [-0.39, 0.29) is 11.6 Å². The van der Waals surface area contributed by atoms with Crippen LogP contribution in [0, 0.1) is 6.92 Å². The number of carbonyl (C=O) groups excluding carboxylic acids is 1. The third kappa shape index (κ3) is 4.76. The highest BCUT2D eigenvalue weighted by Crippen LogP contribution is 2.23.